The molecule has 1 saturated heterocycles. The summed E-state index contributed by atoms with van der Waals surface area (Å²) in [6.07, 6.45) is -2.75. The fraction of sp³-hybridized carbons (Fsp3) is 0.111. The van der Waals surface area contributed by atoms with Gasteiger partial charge in [0.2, 0.25) is 0 Å². The molecule has 2 aromatic rings. The summed E-state index contributed by atoms with van der Waals surface area (Å²) in [6.45, 7) is 1.94. The molecule has 140 valence electrons. The van der Waals surface area contributed by atoms with Crippen LogP contribution >= 0.6 is 55.8 Å². The number of thiocarbonyl (C=S) groups is 1. The van der Waals surface area contributed by atoms with Crippen molar-refractivity contribution in [3.05, 3.63) is 66.9 Å². The van der Waals surface area contributed by atoms with Crippen LogP contribution in [-0.4, -0.2) is 10.2 Å². The Hall–Kier alpha value is -1.16. The van der Waals surface area contributed by atoms with Crippen LogP contribution in [0.4, 0.5) is 23.7 Å². The minimum Gasteiger partial charge on any atom is -0.261 e. The number of hydrogen-bond acceptors (Lipinski definition) is 3. The van der Waals surface area contributed by atoms with E-state index in [4.69, 9.17) is 12.2 Å². The van der Waals surface area contributed by atoms with Crippen molar-refractivity contribution in [2.45, 2.75) is 13.1 Å². The monoisotopic (exact) mass is 535 g/mol. The molecule has 0 aromatic heterocycles. The molecule has 0 bridgehead atoms. The fourth-order valence-corrected chi connectivity index (χ4v) is 4.91. The second-order valence-electron chi connectivity index (χ2n) is 5.67. The highest BCUT2D eigenvalue weighted by Crippen LogP contribution is 2.39. The van der Waals surface area contributed by atoms with Crippen LogP contribution in [0.2, 0.25) is 0 Å². The molecule has 0 unspecified atom stereocenters. The van der Waals surface area contributed by atoms with Crippen molar-refractivity contribution in [3.8, 4) is 0 Å². The first kappa shape index (κ1) is 20.6. The lowest BCUT2D eigenvalue weighted by molar-refractivity contribution is -0.137. The third kappa shape index (κ3) is 4.31. The Morgan fingerprint density at radius 3 is 2.37 bits per heavy atom. The number of benzene rings is 2. The molecule has 1 amide bonds. The Kier molecular flexibility index (Phi) is 5.86. The number of hydrogen-bond donors (Lipinski definition) is 0. The van der Waals surface area contributed by atoms with Crippen molar-refractivity contribution < 1.29 is 18.0 Å². The van der Waals surface area contributed by atoms with Gasteiger partial charge in [-0.3, -0.25) is 9.69 Å². The molecule has 1 fully saturated rings. The summed E-state index contributed by atoms with van der Waals surface area (Å²) in [7, 11) is 0. The molecule has 0 saturated carbocycles. The van der Waals surface area contributed by atoms with Crippen LogP contribution in [-0.2, 0) is 6.18 Å². The standard InChI is InChI=1S/C18H10Br2F3NOS2/c1-9-13(19)5-10(6-14(9)20)7-15-16(26)24(17(25)27-15)12-4-2-3-11(8-12)18(21,22)23/h2-8H,1H3/b15-7-. The Bertz CT molecular complexity index is 966. The van der Waals surface area contributed by atoms with E-state index in [0.717, 1.165) is 48.9 Å². The molecular weight excluding hydrogens is 527 g/mol. The molecule has 3 rings (SSSR count). The summed E-state index contributed by atoms with van der Waals surface area (Å²) in [4.78, 5) is 14.2. The van der Waals surface area contributed by atoms with E-state index in [-0.39, 0.29) is 10.7 Å². The van der Waals surface area contributed by atoms with Crippen molar-refractivity contribution in [3.63, 3.8) is 0 Å². The summed E-state index contributed by atoms with van der Waals surface area (Å²) in [5.74, 6) is 0. The Morgan fingerprint density at radius 1 is 1.15 bits per heavy atom. The number of rotatable bonds is 2. The van der Waals surface area contributed by atoms with E-state index in [1.54, 1.807) is 6.08 Å². The predicted octanol–water partition coefficient (Wildman–Crippen LogP) is 7.58. The number of nitrogens with zero attached hydrogens (tertiary/aromatic N) is 1. The third-order valence-corrected chi connectivity index (χ3v) is 6.89. The predicted molar refractivity (Wildman–Crippen MR) is 114 cm³/mol. The molecule has 0 N–H and O–H groups in total. The van der Waals surface area contributed by atoms with E-state index in [1.807, 2.05) is 19.1 Å². The Balaban J connectivity index is 1.97. The van der Waals surface area contributed by atoms with Gasteiger partial charge in [0, 0.05) is 8.95 Å². The summed E-state index contributed by atoms with van der Waals surface area (Å²) >= 11 is 13.2. The van der Waals surface area contributed by atoms with Crippen molar-refractivity contribution in [1.29, 1.82) is 0 Å². The molecule has 1 aliphatic heterocycles. The lowest BCUT2D eigenvalue weighted by atomic mass is 10.1. The van der Waals surface area contributed by atoms with Crippen LogP contribution in [0, 0.1) is 6.92 Å². The Morgan fingerprint density at radius 2 is 1.78 bits per heavy atom. The van der Waals surface area contributed by atoms with Crippen molar-refractivity contribution >= 4 is 77.8 Å². The summed E-state index contributed by atoms with van der Waals surface area (Å²) < 4.78 is 40.7. The van der Waals surface area contributed by atoms with E-state index in [1.165, 1.54) is 12.1 Å². The summed E-state index contributed by atoms with van der Waals surface area (Å²) in [5.41, 5.74) is 1.11. The summed E-state index contributed by atoms with van der Waals surface area (Å²) in [5, 5.41) is -0.434. The molecule has 0 spiro atoms. The summed E-state index contributed by atoms with van der Waals surface area (Å²) in [6, 6.07) is 8.34. The molecule has 9 heteroatoms. The highest BCUT2D eigenvalue weighted by molar-refractivity contribution is 9.11. The van der Waals surface area contributed by atoms with Gasteiger partial charge >= 0.3 is 6.18 Å². The van der Waals surface area contributed by atoms with Crippen LogP contribution < -0.4 is 4.90 Å². The van der Waals surface area contributed by atoms with Gasteiger partial charge in [-0.1, -0.05) is 50.1 Å². The van der Waals surface area contributed by atoms with Gasteiger partial charge in [-0.2, -0.15) is 13.2 Å². The van der Waals surface area contributed by atoms with Crippen LogP contribution in [0.25, 0.3) is 6.08 Å². The van der Waals surface area contributed by atoms with Gasteiger partial charge in [0.1, 0.15) is 4.99 Å². The minimum atomic E-state index is -4.49. The van der Waals surface area contributed by atoms with Crippen molar-refractivity contribution in [2.75, 3.05) is 4.90 Å². The van der Waals surface area contributed by atoms with Crippen LogP contribution in [0.1, 0.15) is 16.7 Å². The normalized spacial score (nSPS) is 16.5. The number of amides is 1. The largest absolute Gasteiger partial charge is 0.416 e. The first-order valence-electron chi connectivity index (χ1n) is 7.49. The number of halogens is 5. The quantitative estimate of drug-likeness (QED) is 0.291. The first-order chi connectivity index (χ1) is 12.6. The van der Waals surface area contributed by atoms with E-state index >= 15 is 0 Å². The molecule has 2 nitrogen and oxygen atoms in total. The third-order valence-electron chi connectivity index (χ3n) is 3.83. The van der Waals surface area contributed by atoms with E-state index in [0.29, 0.717) is 4.91 Å². The van der Waals surface area contributed by atoms with Gasteiger partial charge < -0.3 is 0 Å². The number of thioether (sulfide) groups is 1. The van der Waals surface area contributed by atoms with Crippen LogP contribution in [0.15, 0.2) is 50.2 Å². The molecule has 1 aliphatic rings. The smallest absolute Gasteiger partial charge is 0.261 e. The van der Waals surface area contributed by atoms with Crippen LogP contribution in [0.3, 0.4) is 0 Å². The van der Waals surface area contributed by atoms with E-state index in [2.05, 4.69) is 31.9 Å². The number of carbonyl (C=O) groups is 1. The number of alkyl halides is 3. The van der Waals surface area contributed by atoms with E-state index < -0.39 is 17.0 Å². The lowest BCUT2D eigenvalue weighted by Gasteiger charge is -2.16. The molecule has 1 heterocycles. The zero-order valence-corrected chi connectivity index (χ0v) is 18.4. The highest BCUT2D eigenvalue weighted by Gasteiger charge is 2.35. The highest BCUT2D eigenvalue weighted by atomic mass is 79.9. The second-order valence-corrected chi connectivity index (χ2v) is 8.76. The van der Waals surface area contributed by atoms with Gasteiger partial charge in [-0.05, 0) is 66.2 Å². The SMILES string of the molecule is Cc1c(Br)cc(/C=C2\SC(=O)N(c3cccc(C(F)(F)F)c3)C2=S)cc1Br. The molecule has 2 aromatic carbocycles. The average molecular weight is 537 g/mol. The van der Waals surface area contributed by atoms with Gasteiger partial charge in [-0.15, -0.1) is 0 Å². The van der Waals surface area contributed by atoms with Gasteiger partial charge in [0.25, 0.3) is 5.24 Å². The fourth-order valence-electron chi connectivity index (χ4n) is 2.41. The van der Waals surface area contributed by atoms with Gasteiger partial charge in [-0.25, -0.2) is 0 Å². The average Bonchev–Trinajstić information content (AvgIpc) is 2.85. The zero-order valence-electron chi connectivity index (χ0n) is 13.6. The van der Waals surface area contributed by atoms with Gasteiger partial charge in [0.15, 0.2) is 0 Å². The second kappa shape index (κ2) is 7.69. The lowest BCUT2D eigenvalue weighted by Crippen LogP contribution is -2.26. The van der Waals surface area contributed by atoms with Crippen molar-refractivity contribution in [2.24, 2.45) is 0 Å². The van der Waals surface area contributed by atoms with E-state index in [9.17, 15) is 18.0 Å². The molecule has 0 atom stereocenters. The molecule has 0 radical (unpaired) electrons. The topological polar surface area (TPSA) is 20.3 Å². The maximum Gasteiger partial charge on any atom is 0.416 e. The molecule has 27 heavy (non-hydrogen) atoms. The number of anilines is 1. The maximum atomic E-state index is 13.0. The van der Waals surface area contributed by atoms with Crippen LogP contribution in [0.5, 0.6) is 0 Å². The first-order valence-corrected chi connectivity index (χ1v) is 10.3. The Labute approximate surface area is 180 Å². The van der Waals surface area contributed by atoms with Crippen molar-refractivity contribution in [1.82, 2.24) is 0 Å². The zero-order chi connectivity index (χ0) is 19.9. The number of carbonyl (C=O) groups excluding carboxylic acids is 1. The molecule has 0 aliphatic carbocycles. The maximum absolute atomic E-state index is 13.0. The molecular formula is C18H10Br2F3NOS2. The minimum absolute atomic E-state index is 0.0991. The van der Waals surface area contributed by atoms with Gasteiger partial charge in [0.05, 0.1) is 16.2 Å².